The van der Waals surface area contributed by atoms with Crippen molar-refractivity contribution in [1.82, 2.24) is 6.15 Å². The zero-order valence-electron chi connectivity index (χ0n) is 5.04. The Bertz CT molecular complexity index is 15.7. The van der Waals surface area contributed by atoms with E-state index in [4.69, 9.17) is 0 Å². The first-order chi connectivity index (χ1) is 1.73. The van der Waals surface area contributed by atoms with Gasteiger partial charge in [-0.25, -0.2) is 0 Å². The molecule has 0 aliphatic heterocycles. The molecule has 0 atom stereocenters. The lowest BCUT2D eigenvalue weighted by molar-refractivity contribution is -0.407. The third kappa shape index (κ3) is 112. The van der Waals surface area contributed by atoms with Crippen molar-refractivity contribution in [2.45, 2.75) is 19.9 Å². The maximum absolute atomic E-state index is 3.64. The molecule has 0 spiro atoms. The lowest BCUT2D eigenvalue weighted by Gasteiger charge is -1.77. The summed E-state index contributed by atoms with van der Waals surface area (Å²) in [5.74, 6) is 0. The fourth-order valence-electron chi connectivity index (χ4n) is 0. The van der Waals surface area contributed by atoms with Crippen LogP contribution in [0.1, 0.15) is 13.8 Å². The Kier molecular flexibility index (Phi) is 53.2. The SMILES string of the molecule is CC(C)[NH3+].[I-].[I-].[NH4+]. The molecule has 0 aliphatic carbocycles. The third-order valence-electron chi connectivity index (χ3n) is 0. The zero-order chi connectivity index (χ0) is 3.58. The van der Waals surface area contributed by atoms with Gasteiger partial charge in [-0.15, -0.1) is 0 Å². The first-order valence-electron chi connectivity index (χ1n) is 1.56. The van der Waals surface area contributed by atoms with Crippen molar-refractivity contribution in [3.8, 4) is 0 Å². The Morgan fingerprint density at radius 3 is 1.14 bits per heavy atom. The summed E-state index contributed by atoms with van der Waals surface area (Å²) < 4.78 is 0. The van der Waals surface area contributed by atoms with Crippen LogP contribution in [-0.2, 0) is 0 Å². The fourth-order valence-corrected chi connectivity index (χ4v) is 0. The monoisotopic (exact) mass is 332 g/mol. The van der Waals surface area contributed by atoms with Gasteiger partial charge in [-0.2, -0.15) is 0 Å². The van der Waals surface area contributed by atoms with Crippen molar-refractivity contribution >= 4 is 0 Å². The molecule has 0 saturated heterocycles. The van der Waals surface area contributed by atoms with Crippen LogP contribution in [0, 0.1) is 0 Å². The first-order valence-corrected chi connectivity index (χ1v) is 1.56. The Balaban J connectivity index is -0.0000000150. The molecule has 0 aromatic heterocycles. The van der Waals surface area contributed by atoms with Gasteiger partial charge in [-0.05, 0) is 13.8 Å². The van der Waals surface area contributed by atoms with Gasteiger partial charge in [0.1, 0.15) is 0 Å². The topological polar surface area (TPSA) is 64.1 Å². The Morgan fingerprint density at radius 1 is 1.14 bits per heavy atom. The average Bonchev–Trinajstić information content (AvgIpc) is 0.811. The number of halogens is 2. The van der Waals surface area contributed by atoms with Gasteiger partial charge in [0.25, 0.3) is 0 Å². The fraction of sp³-hybridized carbons (Fsp3) is 1.00. The highest BCUT2D eigenvalue weighted by molar-refractivity contribution is 4.17. The third-order valence-corrected chi connectivity index (χ3v) is 0. The van der Waals surface area contributed by atoms with E-state index in [2.05, 4.69) is 19.6 Å². The maximum atomic E-state index is 3.64. The van der Waals surface area contributed by atoms with Crippen LogP contribution in [0.4, 0.5) is 0 Å². The summed E-state index contributed by atoms with van der Waals surface area (Å²) in [5.41, 5.74) is 3.64. The molecule has 0 unspecified atom stereocenters. The summed E-state index contributed by atoms with van der Waals surface area (Å²) >= 11 is 0. The number of hydrogen-bond donors (Lipinski definition) is 2. The minimum Gasteiger partial charge on any atom is -1.00 e. The van der Waals surface area contributed by atoms with Gasteiger partial charge in [0.05, 0.1) is 6.04 Å². The molecule has 0 aromatic carbocycles. The lowest BCUT2D eigenvalue weighted by atomic mass is 10.5. The maximum Gasteiger partial charge on any atom is 0.0786 e. The van der Waals surface area contributed by atoms with Crippen LogP contribution in [0.15, 0.2) is 0 Å². The molecule has 7 heavy (non-hydrogen) atoms. The van der Waals surface area contributed by atoms with Crippen LogP contribution in [-0.4, -0.2) is 6.04 Å². The summed E-state index contributed by atoms with van der Waals surface area (Å²) in [6.45, 7) is 4.11. The molecule has 2 nitrogen and oxygen atoms in total. The largest absolute Gasteiger partial charge is 1.00 e. The molecule has 50 valence electrons. The summed E-state index contributed by atoms with van der Waals surface area (Å²) in [7, 11) is 0. The van der Waals surface area contributed by atoms with Gasteiger partial charge in [-0.1, -0.05) is 0 Å². The van der Waals surface area contributed by atoms with Crippen molar-refractivity contribution in [2.75, 3.05) is 0 Å². The van der Waals surface area contributed by atoms with Gasteiger partial charge in [0.15, 0.2) is 0 Å². The molecule has 0 aromatic rings. The minimum atomic E-state index is 0. The van der Waals surface area contributed by atoms with E-state index in [-0.39, 0.29) is 54.1 Å². The lowest BCUT2D eigenvalue weighted by Crippen LogP contribution is -3.00. The van der Waals surface area contributed by atoms with Gasteiger partial charge in [0, 0.05) is 0 Å². The van der Waals surface area contributed by atoms with Crippen LogP contribution in [0.5, 0.6) is 0 Å². The van der Waals surface area contributed by atoms with Crippen LogP contribution in [0.25, 0.3) is 0 Å². The van der Waals surface area contributed by atoms with E-state index in [0.717, 1.165) is 0 Å². The predicted molar refractivity (Wildman–Crippen MR) is 24.0 cm³/mol. The van der Waals surface area contributed by atoms with Crippen LogP contribution in [0.3, 0.4) is 0 Å². The summed E-state index contributed by atoms with van der Waals surface area (Å²) in [5, 5.41) is 0. The quantitative estimate of drug-likeness (QED) is 0.415. The standard InChI is InChI=1S/C3H9N.2HI.H3N/c1-3(2)4;;;/h3H,4H2,1-2H3;2*1H;1H3. The molecule has 0 rings (SSSR count). The highest BCUT2D eigenvalue weighted by Gasteiger charge is 1.72. The van der Waals surface area contributed by atoms with Crippen molar-refractivity contribution in [2.24, 2.45) is 0 Å². The number of rotatable bonds is 0. The average molecular weight is 332 g/mol. The predicted octanol–water partition coefficient (Wildman–Crippen LogP) is -5.98. The van der Waals surface area contributed by atoms with Gasteiger partial charge in [0.2, 0.25) is 0 Å². The Labute approximate surface area is 79.2 Å². The minimum absolute atomic E-state index is 0. The molecule has 0 fully saturated rings. The molecule has 0 saturated carbocycles. The van der Waals surface area contributed by atoms with E-state index in [1.165, 1.54) is 0 Å². The molecule has 4 heteroatoms. The van der Waals surface area contributed by atoms with Crippen molar-refractivity contribution in [3.05, 3.63) is 0 Å². The van der Waals surface area contributed by atoms with E-state index >= 15 is 0 Å². The Hall–Kier alpha value is 1.38. The summed E-state index contributed by atoms with van der Waals surface area (Å²) in [6.07, 6.45) is 0. The molecule has 0 radical (unpaired) electrons. The van der Waals surface area contributed by atoms with E-state index < -0.39 is 0 Å². The molecule has 0 amide bonds. The van der Waals surface area contributed by atoms with E-state index in [1.807, 2.05) is 0 Å². The van der Waals surface area contributed by atoms with Crippen LogP contribution < -0.4 is 59.8 Å². The summed E-state index contributed by atoms with van der Waals surface area (Å²) in [6, 6.07) is 0.583. The van der Waals surface area contributed by atoms with E-state index in [9.17, 15) is 0 Å². The van der Waals surface area contributed by atoms with Crippen molar-refractivity contribution in [1.29, 1.82) is 0 Å². The molecular weight excluding hydrogens is 318 g/mol. The molecule has 0 aliphatic rings. The number of quaternary nitrogens is 2. The van der Waals surface area contributed by atoms with Crippen molar-refractivity contribution < 1.29 is 53.7 Å². The molecular formula is C3H14I2N2. The highest BCUT2D eigenvalue weighted by atomic mass is 127. The second-order valence-corrected chi connectivity index (χ2v) is 1.39. The molecule has 0 heterocycles. The highest BCUT2D eigenvalue weighted by Crippen LogP contribution is 1.53. The van der Waals surface area contributed by atoms with Crippen LogP contribution >= 0.6 is 0 Å². The number of hydrogen-bond acceptors (Lipinski definition) is 0. The normalized spacial score (nSPS) is 5.14. The van der Waals surface area contributed by atoms with Crippen molar-refractivity contribution in [3.63, 3.8) is 0 Å². The van der Waals surface area contributed by atoms with E-state index in [1.54, 1.807) is 0 Å². The first kappa shape index (κ1) is 23.8. The molecule has 7 N–H and O–H groups in total. The second-order valence-electron chi connectivity index (χ2n) is 1.39. The van der Waals surface area contributed by atoms with Gasteiger partial charge in [-0.3, -0.25) is 0 Å². The van der Waals surface area contributed by atoms with Gasteiger partial charge >= 0.3 is 0 Å². The van der Waals surface area contributed by atoms with Gasteiger partial charge < -0.3 is 59.8 Å². The second kappa shape index (κ2) is 15.7. The smallest absolute Gasteiger partial charge is 0.0786 e. The van der Waals surface area contributed by atoms with E-state index in [0.29, 0.717) is 6.04 Å². The summed E-state index contributed by atoms with van der Waals surface area (Å²) in [4.78, 5) is 0. The zero-order valence-corrected chi connectivity index (χ0v) is 9.36. The molecule has 0 bridgehead atoms. The van der Waals surface area contributed by atoms with Crippen LogP contribution in [0.2, 0.25) is 0 Å². The Morgan fingerprint density at radius 2 is 1.14 bits per heavy atom.